The molecule has 0 bridgehead atoms. The summed E-state index contributed by atoms with van der Waals surface area (Å²) < 4.78 is 30.0. The van der Waals surface area contributed by atoms with Gasteiger partial charge in [0.15, 0.2) is 0 Å². The number of rotatable bonds is 11. The fourth-order valence-electron chi connectivity index (χ4n) is 3.98. The van der Waals surface area contributed by atoms with Crippen LogP contribution in [0, 0.1) is 0 Å². The lowest BCUT2D eigenvalue weighted by molar-refractivity contribution is -0.158. The van der Waals surface area contributed by atoms with Gasteiger partial charge in [-0.1, -0.05) is 68.4 Å². The molecule has 3 aromatic rings. The molecule has 2 aromatic carbocycles. The highest BCUT2D eigenvalue weighted by molar-refractivity contribution is 6.09. The molecule has 4 N–H and O–H groups in total. The molecule has 0 fully saturated rings. The number of aromatic nitrogens is 1. The van der Waals surface area contributed by atoms with E-state index >= 15 is 0 Å². The lowest BCUT2D eigenvalue weighted by Crippen LogP contribution is -2.50. The fourth-order valence-corrected chi connectivity index (χ4v) is 3.98. The molecule has 0 aliphatic carbocycles. The third-order valence-electron chi connectivity index (χ3n) is 6.01. The molecule has 2 amide bonds. The van der Waals surface area contributed by atoms with Crippen molar-refractivity contribution in [2.24, 2.45) is 0 Å². The molecule has 0 atom stereocenters. The van der Waals surface area contributed by atoms with E-state index in [2.05, 4.69) is 10.6 Å². The number of alkyl halides is 2. The fraction of sp³-hybridized carbons (Fsp3) is 0.286. The van der Waals surface area contributed by atoms with Gasteiger partial charge >= 0.3 is 5.92 Å². The van der Waals surface area contributed by atoms with Crippen molar-refractivity contribution in [2.75, 3.05) is 18.8 Å². The van der Waals surface area contributed by atoms with Crippen molar-refractivity contribution < 1.29 is 23.2 Å². The van der Waals surface area contributed by atoms with Gasteiger partial charge in [0.2, 0.25) is 11.7 Å². The zero-order valence-corrected chi connectivity index (χ0v) is 21.2. The smallest absolute Gasteiger partial charge is 0.383 e. The van der Waals surface area contributed by atoms with Crippen LogP contribution in [0.15, 0.2) is 71.5 Å². The number of halogens is 2. The van der Waals surface area contributed by atoms with E-state index < -0.39 is 42.2 Å². The Bertz CT molecular complexity index is 1370. The summed E-state index contributed by atoms with van der Waals surface area (Å²) in [5.74, 6) is -8.50. The van der Waals surface area contributed by atoms with Crippen LogP contribution in [0.25, 0.3) is 11.3 Å². The molecule has 8 nitrogen and oxygen atoms in total. The Hall–Kier alpha value is -4.34. The van der Waals surface area contributed by atoms with Crippen molar-refractivity contribution in [1.82, 2.24) is 15.2 Å². The molecule has 0 saturated carbocycles. The summed E-state index contributed by atoms with van der Waals surface area (Å²) in [6, 6.07) is 19.2. The minimum absolute atomic E-state index is 0.0849. The number of pyridine rings is 1. The van der Waals surface area contributed by atoms with Crippen molar-refractivity contribution in [3.8, 4) is 11.3 Å². The summed E-state index contributed by atoms with van der Waals surface area (Å²) in [4.78, 5) is 49.2. The van der Waals surface area contributed by atoms with Crippen LogP contribution >= 0.6 is 0 Å². The number of hydrogen-bond donors (Lipinski definition) is 3. The number of ketones is 1. The topological polar surface area (TPSA) is 123 Å². The molecular weight excluding hydrogens is 494 g/mol. The zero-order chi connectivity index (χ0) is 27.9. The second-order valence-electron chi connectivity index (χ2n) is 9.06. The molecule has 0 unspecified atom stereocenters. The highest BCUT2D eigenvalue weighted by atomic mass is 19.3. The van der Waals surface area contributed by atoms with Crippen molar-refractivity contribution in [3.05, 3.63) is 88.2 Å². The Morgan fingerprint density at radius 3 is 2.29 bits per heavy atom. The van der Waals surface area contributed by atoms with Gasteiger partial charge in [-0.3, -0.25) is 23.7 Å². The zero-order valence-electron chi connectivity index (χ0n) is 21.2. The highest BCUT2D eigenvalue weighted by Gasteiger charge is 2.46. The van der Waals surface area contributed by atoms with Crippen molar-refractivity contribution >= 4 is 23.3 Å². The van der Waals surface area contributed by atoms with E-state index in [0.717, 1.165) is 15.7 Å². The van der Waals surface area contributed by atoms with Gasteiger partial charge in [0.05, 0.1) is 17.9 Å². The highest BCUT2D eigenvalue weighted by Crippen LogP contribution is 2.20. The molecule has 3 rings (SSSR count). The molecular formula is C28H30F2N4O4. The predicted molar refractivity (Wildman–Crippen MR) is 141 cm³/mol. The third kappa shape index (κ3) is 6.70. The Morgan fingerprint density at radius 2 is 1.61 bits per heavy atom. The summed E-state index contributed by atoms with van der Waals surface area (Å²) in [5.41, 5.74) is 7.92. The van der Waals surface area contributed by atoms with E-state index in [4.69, 9.17) is 5.73 Å². The number of carbonyl (C=O) groups is 3. The Labute approximate surface area is 218 Å². The molecule has 1 heterocycles. The van der Waals surface area contributed by atoms with E-state index in [-0.39, 0.29) is 18.2 Å². The standard InChI is InChI=1S/C28H30F2N4O4/c1-18(2)21-11-7-6-8-19(21)14-15-32-27(38)28(29,30)24(35)16-33-25(36)17-34-23(13-12-22(31)26(34)37)20-9-4-3-5-10-20/h3-13,18H,14-17,31H2,1-2H3,(H,32,38)(H,33,36). The van der Waals surface area contributed by atoms with Crippen LogP contribution in [0.4, 0.5) is 14.5 Å². The Balaban J connectivity index is 1.59. The maximum atomic E-state index is 14.4. The van der Waals surface area contributed by atoms with Gasteiger partial charge in [-0.2, -0.15) is 8.78 Å². The predicted octanol–water partition coefficient (Wildman–Crippen LogP) is 2.90. The van der Waals surface area contributed by atoms with Crippen molar-refractivity contribution in [2.45, 2.75) is 38.7 Å². The summed E-state index contributed by atoms with van der Waals surface area (Å²) in [6.07, 6.45) is 0.319. The molecule has 0 aliphatic rings. The van der Waals surface area contributed by atoms with Crippen LogP contribution in [-0.4, -0.2) is 41.2 Å². The van der Waals surface area contributed by atoms with E-state index in [1.54, 1.807) is 36.4 Å². The SMILES string of the molecule is CC(C)c1ccccc1CCNC(=O)C(F)(F)C(=O)CNC(=O)Cn1c(-c2ccccc2)ccc(N)c1=O. The number of nitrogens with two attached hydrogens (primary N) is 1. The number of hydrogen-bond acceptors (Lipinski definition) is 5. The summed E-state index contributed by atoms with van der Waals surface area (Å²) in [5, 5.41) is 4.17. The van der Waals surface area contributed by atoms with E-state index in [1.165, 1.54) is 6.07 Å². The number of carbonyl (C=O) groups excluding carboxylic acids is 3. The number of nitrogens with one attached hydrogen (secondary N) is 2. The monoisotopic (exact) mass is 524 g/mol. The molecule has 10 heteroatoms. The van der Waals surface area contributed by atoms with Crippen LogP contribution < -0.4 is 21.9 Å². The maximum Gasteiger partial charge on any atom is 0.383 e. The first-order valence-corrected chi connectivity index (χ1v) is 12.1. The number of anilines is 1. The third-order valence-corrected chi connectivity index (χ3v) is 6.01. The van der Waals surface area contributed by atoms with Gasteiger partial charge in [-0.15, -0.1) is 0 Å². The minimum Gasteiger partial charge on any atom is -0.394 e. The second kappa shape index (κ2) is 12.3. The first-order chi connectivity index (χ1) is 18.0. The van der Waals surface area contributed by atoms with E-state index in [0.29, 0.717) is 17.7 Å². The van der Waals surface area contributed by atoms with Gasteiger partial charge in [0.1, 0.15) is 6.54 Å². The van der Waals surface area contributed by atoms with E-state index in [1.807, 2.05) is 38.1 Å². The molecule has 200 valence electrons. The quantitative estimate of drug-likeness (QED) is 0.333. The van der Waals surface area contributed by atoms with Crippen LogP contribution in [0.3, 0.4) is 0 Å². The number of Topliss-reactive ketones (excluding diaryl/α,β-unsaturated/α-hetero) is 1. The molecule has 0 aliphatic heterocycles. The van der Waals surface area contributed by atoms with Gasteiger partial charge in [-0.25, -0.2) is 0 Å². The molecule has 0 spiro atoms. The van der Waals surface area contributed by atoms with Gasteiger partial charge in [0.25, 0.3) is 11.5 Å². The van der Waals surface area contributed by atoms with Gasteiger partial charge in [0, 0.05) is 6.54 Å². The largest absolute Gasteiger partial charge is 0.394 e. The summed E-state index contributed by atoms with van der Waals surface area (Å²) in [6.45, 7) is 2.27. The average molecular weight is 525 g/mol. The number of nitrogen functional groups attached to an aromatic ring is 1. The first-order valence-electron chi connectivity index (χ1n) is 12.1. The minimum atomic E-state index is -4.34. The lowest BCUT2D eigenvalue weighted by atomic mass is 9.95. The average Bonchev–Trinajstić information content (AvgIpc) is 2.90. The van der Waals surface area contributed by atoms with Crippen LogP contribution in [0.5, 0.6) is 0 Å². The van der Waals surface area contributed by atoms with Crippen LogP contribution in [0.1, 0.15) is 30.9 Å². The lowest BCUT2D eigenvalue weighted by Gasteiger charge is -2.17. The molecule has 38 heavy (non-hydrogen) atoms. The van der Waals surface area contributed by atoms with Crippen LogP contribution in [0.2, 0.25) is 0 Å². The normalized spacial score (nSPS) is 11.3. The first kappa shape index (κ1) is 28.2. The van der Waals surface area contributed by atoms with Gasteiger partial charge in [-0.05, 0) is 41.2 Å². The number of benzene rings is 2. The Morgan fingerprint density at radius 1 is 0.947 bits per heavy atom. The molecule has 0 radical (unpaired) electrons. The second-order valence-corrected chi connectivity index (χ2v) is 9.06. The van der Waals surface area contributed by atoms with Gasteiger partial charge < -0.3 is 16.4 Å². The van der Waals surface area contributed by atoms with E-state index in [9.17, 15) is 28.0 Å². The van der Waals surface area contributed by atoms with Crippen molar-refractivity contribution in [1.29, 1.82) is 0 Å². The van der Waals surface area contributed by atoms with Crippen LogP contribution in [-0.2, 0) is 27.3 Å². The number of nitrogens with zero attached hydrogens (tertiary/aromatic N) is 1. The molecule has 1 aromatic heterocycles. The Kier molecular flexibility index (Phi) is 9.11. The maximum absolute atomic E-state index is 14.4. The summed E-state index contributed by atoms with van der Waals surface area (Å²) in [7, 11) is 0. The molecule has 0 saturated heterocycles. The number of amides is 2. The van der Waals surface area contributed by atoms with Crippen molar-refractivity contribution in [3.63, 3.8) is 0 Å². The summed E-state index contributed by atoms with van der Waals surface area (Å²) >= 11 is 0.